The van der Waals surface area contributed by atoms with E-state index in [0.717, 1.165) is 30.9 Å². The summed E-state index contributed by atoms with van der Waals surface area (Å²) in [6, 6.07) is 5.81. The Bertz CT molecular complexity index is 394. The number of anilines is 1. The summed E-state index contributed by atoms with van der Waals surface area (Å²) in [6.45, 7) is 7.24. The Morgan fingerprint density at radius 3 is 2.42 bits per heavy atom. The molecule has 1 aromatic rings. The molecule has 0 saturated carbocycles. The molecule has 0 unspecified atom stereocenters. The van der Waals surface area contributed by atoms with E-state index < -0.39 is 0 Å². The number of hydrogen-bond donors (Lipinski definition) is 1. The minimum absolute atomic E-state index is 0.0223. The molecule has 1 rings (SSSR count). The van der Waals surface area contributed by atoms with Crippen LogP contribution in [0.1, 0.15) is 19.4 Å². The molecule has 108 valence electrons. The predicted octanol–water partition coefficient (Wildman–Crippen LogP) is 2.86. The molecule has 0 fully saturated rings. The van der Waals surface area contributed by atoms with Crippen LogP contribution in [0.15, 0.2) is 18.2 Å². The van der Waals surface area contributed by atoms with Gasteiger partial charge in [-0.15, -0.1) is 0 Å². The van der Waals surface area contributed by atoms with Crippen LogP contribution in [0.25, 0.3) is 0 Å². The maximum Gasteiger partial charge on any atom is 0.0716 e. The van der Waals surface area contributed by atoms with Gasteiger partial charge in [0, 0.05) is 35.9 Å². The minimum atomic E-state index is -0.0223. The maximum atomic E-state index is 9.54. The first-order valence-corrected chi connectivity index (χ1v) is 7.11. The Morgan fingerprint density at radius 2 is 1.89 bits per heavy atom. The third kappa shape index (κ3) is 5.01. The van der Waals surface area contributed by atoms with Gasteiger partial charge in [-0.25, -0.2) is 0 Å². The van der Waals surface area contributed by atoms with Gasteiger partial charge < -0.3 is 14.9 Å². The molecule has 0 aliphatic carbocycles. The highest BCUT2D eigenvalue weighted by Crippen LogP contribution is 2.28. The highest BCUT2D eigenvalue weighted by molar-refractivity contribution is 6.31. The van der Waals surface area contributed by atoms with Crippen molar-refractivity contribution in [1.29, 1.82) is 0 Å². The number of likely N-dealkylation sites (N-methyl/N-ethyl adjacent to an activating group) is 1. The Labute approximate surface area is 121 Å². The van der Waals surface area contributed by atoms with Gasteiger partial charge in [-0.1, -0.05) is 31.5 Å². The van der Waals surface area contributed by atoms with E-state index in [1.807, 2.05) is 18.2 Å². The van der Waals surface area contributed by atoms with Crippen LogP contribution < -0.4 is 4.90 Å². The lowest BCUT2D eigenvalue weighted by Crippen LogP contribution is -2.35. The SMILES string of the molecule is CC(C)CN(CCN(C)C)c1cccc(Cl)c1CO. The largest absolute Gasteiger partial charge is 0.392 e. The van der Waals surface area contributed by atoms with E-state index in [1.165, 1.54) is 0 Å². The van der Waals surface area contributed by atoms with Crippen molar-refractivity contribution < 1.29 is 5.11 Å². The van der Waals surface area contributed by atoms with Crippen molar-refractivity contribution in [3.63, 3.8) is 0 Å². The van der Waals surface area contributed by atoms with Crippen LogP contribution in [-0.2, 0) is 6.61 Å². The molecule has 0 heterocycles. The van der Waals surface area contributed by atoms with Crippen molar-refractivity contribution in [3.05, 3.63) is 28.8 Å². The topological polar surface area (TPSA) is 26.7 Å². The fourth-order valence-electron chi connectivity index (χ4n) is 2.07. The molecule has 0 aliphatic rings. The fraction of sp³-hybridized carbons (Fsp3) is 0.600. The summed E-state index contributed by atoms with van der Waals surface area (Å²) in [6.07, 6.45) is 0. The van der Waals surface area contributed by atoms with Crippen molar-refractivity contribution in [2.24, 2.45) is 5.92 Å². The second kappa shape index (κ2) is 7.73. The van der Waals surface area contributed by atoms with Crippen LogP contribution >= 0.6 is 11.6 Å². The number of benzene rings is 1. The van der Waals surface area contributed by atoms with Crippen molar-refractivity contribution in [2.75, 3.05) is 38.6 Å². The number of rotatable bonds is 7. The lowest BCUT2D eigenvalue weighted by Gasteiger charge is -2.30. The molecule has 19 heavy (non-hydrogen) atoms. The summed E-state index contributed by atoms with van der Waals surface area (Å²) >= 11 is 6.18. The van der Waals surface area contributed by atoms with Gasteiger partial charge in [0.2, 0.25) is 0 Å². The fourth-order valence-corrected chi connectivity index (χ4v) is 2.30. The lowest BCUT2D eigenvalue weighted by atomic mass is 10.1. The summed E-state index contributed by atoms with van der Waals surface area (Å²) in [5, 5.41) is 10.2. The van der Waals surface area contributed by atoms with Gasteiger partial charge in [-0.2, -0.15) is 0 Å². The summed E-state index contributed by atoms with van der Waals surface area (Å²) in [7, 11) is 4.14. The van der Waals surface area contributed by atoms with Gasteiger partial charge >= 0.3 is 0 Å². The Morgan fingerprint density at radius 1 is 1.21 bits per heavy atom. The standard InChI is InChI=1S/C15H25ClN2O/c1-12(2)10-18(9-8-17(3)4)15-7-5-6-14(16)13(15)11-19/h5-7,12,19H,8-11H2,1-4H3. The van der Waals surface area contributed by atoms with E-state index in [0.29, 0.717) is 10.9 Å². The van der Waals surface area contributed by atoms with Crippen LogP contribution in [0.2, 0.25) is 5.02 Å². The zero-order valence-electron chi connectivity index (χ0n) is 12.4. The lowest BCUT2D eigenvalue weighted by molar-refractivity contribution is 0.282. The molecule has 0 radical (unpaired) electrons. The molecular weight excluding hydrogens is 260 g/mol. The van der Waals surface area contributed by atoms with Crippen molar-refractivity contribution in [2.45, 2.75) is 20.5 Å². The molecule has 0 bridgehead atoms. The third-order valence-corrected chi connectivity index (χ3v) is 3.35. The monoisotopic (exact) mass is 284 g/mol. The van der Waals surface area contributed by atoms with E-state index in [4.69, 9.17) is 11.6 Å². The van der Waals surface area contributed by atoms with Crippen molar-refractivity contribution in [1.82, 2.24) is 4.90 Å². The minimum Gasteiger partial charge on any atom is -0.392 e. The molecule has 0 amide bonds. The highest BCUT2D eigenvalue weighted by Gasteiger charge is 2.14. The average Bonchev–Trinajstić information content (AvgIpc) is 2.33. The summed E-state index contributed by atoms with van der Waals surface area (Å²) in [5.74, 6) is 0.563. The van der Waals surface area contributed by atoms with E-state index in [1.54, 1.807) is 0 Å². The Balaban J connectivity index is 2.98. The second-order valence-electron chi connectivity index (χ2n) is 5.54. The molecule has 0 spiro atoms. The number of aliphatic hydroxyl groups is 1. The smallest absolute Gasteiger partial charge is 0.0716 e. The van der Waals surface area contributed by atoms with Crippen molar-refractivity contribution in [3.8, 4) is 0 Å². The molecule has 1 N–H and O–H groups in total. The maximum absolute atomic E-state index is 9.54. The molecule has 0 aliphatic heterocycles. The Kier molecular flexibility index (Phi) is 6.63. The van der Waals surface area contributed by atoms with E-state index in [9.17, 15) is 5.11 Å². The van der Waals surface area contributed by atoms with Crippen LogP contribution in [0.5, 0.6) is 0 Å². The quantitative estimate of drug-likeness (QED) is 0.834. The van der Waals surface area contributed by atoms with Crippen LogP contribution in [0, 0.1) is 5.92 Å². The summed E-state index contributed by atoms with van der Waals surface area (Å²) in [5.41, 5.74) is 1.87. The van der Waals surface area contributed by atoms with Gasteiger partial charge in [0.25, 0.3) is 0 Å². The van der Waals surface area contributed by atoms with Crippen molar-refractivity contribution >= 4 is 17.3 Å². The van der Waals surface area contributed by atoms with Crippen LogP contribution in [0.4, 0.5) is 5.69 Å². The van der Waals surface area contributed by atoms with Gasteiger partial charge in [-0.05, 0) is 32.1 Å². The number of nitrogens with zero attached hydrogens (tertiary/aromatic N) is 2. The third-order valence-electron chi connectivity index (χ3n) is 3.00. The molecule has 4 heteroatoms. The molecule has 1 aromatic carbocycles. The molecule has 0 saturated heterocycles. The molecular formula is C15H25ClN2O. The predicted molar refractivity (Wildman–Crippen MR) is 83.0 cm³/mol. The van der Waals surface area contributed by atoms with Gasteiger partial charge in [-0.3, -0.25) is 0 Å². The first-order chi connectivity index (χ1) is 8.95. The second-order valence-corrected chi connectivity index (χ2v) is 5.95. The zero-order chi connectivity index (χ0) is 14.4. The van der Waals surface area contributed by atoms with E-state index in [-0.39, 0.29) is 6.61 Å². The summed E-state index contributed by atoms with van der Waals surface area (Å²) in [4.78, 5) is 4.47. The zero-order valence-corrected chi connectivity index (χ0v) is 13.1. The van der Waals surface area contributed by atoms with Gasteiger partial charge in [0.1, 0.15) is 0 Å². The van der Waals surface area contributed by atoms with E-state index >= 15 is 0 Å². The Hall–Kier alpha value is -0.770. The van der Waals surface area contributed by atoms with Crippen LogP contribution in [0.3, 0.4) is 0 Å². The number of hydrogen-bond acceptors (Lipinski definition) is 3. The highest BCUT2D eigenvalue weighted by atomic mass is 35.5. The average molecular weight is 285 g/mol. The first kappa shape index (κ1) is 16.3. The van der Waals surface area contributed by atoms with E-state index in [2.05, 4.69) is 37.7 Å². The summed E-state index contributed by atoms with van der Waals surface area (Å²) < 4.78 is 0. The molecule has 0 aromatic heterocycles. The molecule has 3 nitrogen and oxygen atoms in total. The van der Waals surface area contributed by atoms with Gasteiger partial charge in [0.05, 0.1) is 6.61 Å². The van der Waals surface area contributed by atoms with Crippen LogP contribution in [-0.4, -0.2) is 43.7 Å². The number of halogens is 1. The molecule has 0 atom stereocenters. The number of aliphatic hydroxyl groups excluding tert-OH is 1. The normalized spacial score (nSPS) is 11.4. The van der Waals surface area contributed by atoms with Gasteiger partial charge in [0.15, 0.2) is 0 Å². The first-order valence-electron chi connectivity index (χ1n) is 6.73.